The molecule has 1 aromatic heterocycles. The third-order valence-electron chi connectivity index (χ3n) is 3.25. The molecule has 1 aromatic carbocycles. The predicted octanol–water partition coefficient (Wildman–Crippen LogP) is 3.91. The number of aryl methyl sites for hydroxylation is 3. The number of nitrogens with zero attached hydrogens (tertiary/aromatic N) is 1. The summed E-state index contributed by atoms with van der Waals surface area (Å²) in [5, 5.41) is 4.41. The highest BCUT2D eigenvalue weighted by Gasteiger charge is 2.20. The first kappa shape index (κ1) is 14.2. The summed E-state index contributed by atoms with van der Waals surface area (Å²) in [6.07, 6.45) is 0. The van der Waals surface area contributed by atoms with Crippen LogP contribution in [0.5, 0.6) is 0 Å². The van der Waals surface area contributed by atoms with Gasteiger partial charge in [0.2, 0.25) is 0 Å². The summed E-state index contributed by atoms with van der Waals surface area (Å²) in [6.45, 7) is 8.95. The molecule has 0 fully saturated rings. The zero-order valence-electron chi connectivity index (χ0n) is 11.7. The van der Waals surface area contributed by atoms with Crippen molar-refractivity contribution >= 4 is 11.3 Å². The van der Waals surface area contributed by atoms with Crippen LogP contribution in [0.25, 0.3) is 0 Å². The Morgan fingerprint density at radius 1 is 1.32 bits per heavy atom. The lowest BCUT2D eigenvalue weighted by Gasteiger charge is -2.18. The van der Waals surface area contributed by atoms with Crippen molar-refractivity contribution in [2.24, 2.45) is 0 Å². The first-order valence-electron chi connectivity index (χ1n) is 6.46. The third-order valence-corrected chi connectivity index (χ3v) is 4.39. The van der Waals surface area contributed by atoms with Gasteiger partial charge in [0.15, 0.2) is 0 Å². The molecule has 19 heavy (non-hydrogen) atoms. The van der Waals surface area contributed by atoms with Crippen molar-refractivity contribution in [3.8, 4) is 0 Å². The number of thiazole rings is 1. The molecule has 0 saturated heterocycles. The molecule has 1 heterocycles. The quantitative estimate of drug-likeness (QED) is 0.917. The van der Waals surface area contributed by atoms with Crippen LogP contribution in [0.4, 0.5) is 4.39 Å². The smallest absolute Gasteiger partial charge is 0.123 e. The molecule has 0 aliphatic heterocycles. The van der Waals surface area contributed by atoms with Gasteiger partial charge in [0.1, 0.15) is 10.8 Å². The molecule has 2 rings (SSSR count). The number of nitrogens with one attached hydrogen (secondary N) is 1. The van der Waals surface area contributed by atoms with Gasteiger partial charge in [-0.25, -0.2) is 9.37 Å². The molecular weight excluding hydrogens is 259 g/mol. The predicted molar refractivity (Wildman–Crippen MR) is 78.2 cm³/mol. The maximum Gasteiger partial charge on any atom is 0.123 e. The Morgan fingerprint density at radius 3 is 2.63 bits per heavy atom. The number of hydrogen-bond donors (Lipinski definition) is 1. The number of aromatic nitrogens is 1. The van der Waals surface area contributed by atoms with Gasteiger partial charge in [0.25, 0.3) is 0 Å². The molecule has 1 atom stereocenters. The molecule has 0 saturated carbocycles. The zero-order valence-corrected chi connectivity index (χ0v) is 12.6. The third kappa shape index (κ3) is 3.01. The molecule has 2 nitrogen and oxygen atoms in total. The Bertz CT molecular complexity index is 558. The van der Waals surface area contributed by atoms with Gasteiger partial charge >= 0.3 is 0 Å². The summed E-state index contributed by atoms with van der Waals surface area (Å²) in [5.41, 5.74) is 3.10. The minimum Gasteiger partial charge on any atom is -0.305 e. The normalized spacial score (nSPS) is 12.7. The maximum atomic E-state index is 13.5. The second kappa shape index (κ2) is 5.80. The SMILES string of the molecule is CCNC(c1nc(C)c(C)s1)c1cc(F)ccc1C. The molecule has 2 aromatic rings. The minimum atomic E-state index is -0.200. The number of rotatable bonds is 4. The molecule has 4 heteroatoms. The second-order valence-electron chi connectivity index (χ2n) is 4.69. The van der Waals surface area contributed by atoms with Gasteiger partial charge in [0.05, 0.1) is 11.7 Å². The van der Waals surface area contributed by atoms with Gasteiger partial charge in [-0.15, -0.1) is 11.3 Å². The summed E-state index contributed by atoms with van der Waals surface area (Å²) < 4.78 is 13.5. The van der Waals surface area contributed by atoms with E-state index in [0.29, 0.717) is 0 Å². The van der Waals surface area contributed by atoms with Crippen LogP contribution in [0.3, 0.4) is 0 Å². The van der Waals surface area contributed by atoms with E-state index in [4.69, 9.17) is 0 Å². The number of halogens is 1. The van der Waals surface area contributed by atoms with Crippen LogP contribution in [0.1, 0.15) is 39.7 Å². The van der Waals surface area contributed by atoms with E-state index in [0.717, 1.165) is 28.4 Å². The zero-order chi connectivity index (χ0) is 14.0. The summed E-state index contributed by atoms with van der Waals surface area (Å²) in [4.78, 5) is 5.82. The van der Waals surface area contributed by atoms with Crippen LogP contribution < -0.4 is 5.32 Å². The van der Waals surface area contributed by atoms with E-state index in [2.05, 4.69) is 24.1 Å². The average molecular weight is 278 g/mol. The Labute approximate surface area is 117 Å². The first-order valence-corrected chi connectivity index (χ1v) is 7.28. The highest BCUT2D eigenvalue weighted by Crippen LogP contribution is 2.30. The lowest BCUT2D eigenvalue weighted by atomic mass is 10.0. The van der Waals surface area contributed by atoms with Crippen molar-refractivity contribution in [1.82, 2.24) is 10.3 Å². The van der Waals surface area contributed by atoms with E-state index in [9.17, 15) is 4.39 Å². The first-order chi connectivity index (χ1) is 9.02. The molecule has 102 valence electrons. The van der Waals surface area contributed by atoms with E-state index < -0.39 is 0 Å². The highest BCUT2D eigenvalue weighted by molar-refractivity contribution is 7.11. The molecule has 0 aliphatic carbocycles. The van der Waals surface area contributed by atoms with E-state index in [1.807, 2.05) is 19.9 Å². The van der Waals surface area contributed by atoms with Gasteiger partial charge in [-0.2, -0.15) is 0 Å². The van der Waals surface area contributed by atoms with Crippen molar-refractivity contribution < 1.29 is 4.39 Å². The van der Waals surface area contributed by atoms with Gasteiger partial charge in [0, 0.05) is 4.88 Å². The van der Waals surface area contributed by atoms with Crippen molar-refractivity contribution in [1.29, 1.82) is 0 Å². The summed E-state index contributed by atoms with van der Waals surface area (Å²) in [7, 11) is 0. The Morgan fingerprint density at radius 2 is 2.05 bits per heavy atom. The van der Waals surface area contributed by atoms with E-state index in [-0.39, 0.29) is 11.9 Å². The Hall–Kier alpha value is -1.26. The molecule has 0 radical (unpaired) electrons. The van der Waals surface area contributed by atoms with Crippen molar-refractivity contribution in [3.05, 3.63) is 50.7 Å². The lowest BCUT2D eigenvalue weighted by molar-refractivity contribution is 0.598. The Balaban J connectivity index is 2.47. The molecule has 0 bridgehead atoms. The monoisotopic (exact) mass is 278 g/mol. The second-order valence-corrected chi connectivity index (χ2v) is 5.92. The molecule has 1 unspecified atom stereocenters. The molecular formula is C15H19FN2S. The molecule has 0 spiro atoms. The Kier molecular flexibility index (Phi) is 4.32. The van der Waals surface area contributed by atoms with Crippen LogP contribution in [0.2, 0.25) is 0 Å². The molecule has 1 N–H and O–H groups in total. The fourth-order valence-corrected chi connectivity index (χ4v) is 3.10. The standard InChI is InChI=1S/C15H19FN2S/c1-5-17-14(15-18-10(3)11(4)19-15)13-8-12(16)7-6-9(13)2/h6-8,14,17H,5H2,1-4H3. The van der Waals surface area contributed by atoms with Crippen LogP contribution in [0, 0.1) is 26.6 Å². The van der Waals surface area contributed by atoms with Gasteiger partial charge in [-0.3, -0.25) is 0 Å². The van der Waals surface area contributed by atoms with E-state index in [1.165, 1.54) is 10.9 Å². The van der Waals surface area contributed by atoms with Crippen LogP contribution in [-0.4, -0.2) is 11.5 Å². The van der Waals surface area contributed by atoms with Gasteiger partial charge < -0.3 is 5.32 Å². The molecule has 0 aliphatic rings. The van der Waals surface area contributed by atoms with E-state index >= 15 is 0 Å². The largest absolute Gasteiger partial charge is 0.305 e. The number of benzene rings is 1. The van der Waals surface area contributed by atoms with Gasteiger partial charge in [-0.1, -0.05) is 13.0 Å². The van der Waals surface area contributed by atoms with Crippen LogP contribution in [0.15, 0.2) is 18.2 Å². The summed E-state index contributed by atoms with van der Waals surface area (Å²) in [5.74, 6) is -0.200. The summed E-state index contributed by atoms with van der Waals surface area (Å²) in [6, 6.07) is 4.90. The number of hydrogen-bond acceptors (Lipinski definition) is 3. The average Bonchev–Trinajstić information content (AvgIpc) is 2.70. The fraction of sp³-hybridized carbons (Fsp3) is 0.400. The highest BCUT2D eigenvalue weighted by atomic mass is 32.1. The maximum absolute atomic E-state index is 13.5. The molecule has 0 amide bonds. The van der Waals surface area contributed by atoms with Gasteiger partial charge in [-0.05, 0) is 50.6 Å². The van der Waals surface area contributed by atoms with Crippen molar-refractivity contribution in [2.45, 2.75) is 33.7 Å². The fourth-order valence-electron chi connectivity index (χ4n) is 2.08. The van der Waals surface area contributed by atoms with Crippen LogP contribution >= 0.6 is 11.3 Å². The topological polar surface area (TPSA) is 24.9 Å². The minimum absolute atomic E-state index is 0.0295. The van der Waals surface area contributed by atoms with Crippen LogP contribution in [-0.2, 0) is 0 Å². The lowest BCUT2D eigenvalue weighted by Crippen LogP contribution is -2.22. The van der Waals surface area contributed by atoms with E-state index in [1.54, 1.807) is 17.4 Å². The van der Waals surface area contributed by atoms with Crippen molar-refractivity contribution in [3.63, 3.8) is 0 Å². The summed E-state index contributed by atoms with van der Waals surface area (Å²) >= 11 is 1.68. The van der Waals surface area contributed by atoms with Crippen molar-refractivity contribution in [2.75, 3.05) is 6.54 Å².